The molecule has 1 rings (SSSR count). The average molecular weight is 374 g/mol. The Kier molecular flexibility index (Phi) is 7.72. The molecule has 0 aliphatic carbocycles. The fourth-order valence-electron chi connectivity index (χ4n) is 1.73. The van der Waals surface area contributed by atoms with E-state index in [4.69, 9.17) is 10.5 Å². The van der Waals surface area contributed by atoms with Crippen molar-refractivity contribution in [2.24, 2.45) is 5.73 Å². The molecule has 132 valence electrons. The number of hydrogen-bond acceptors (Lipinski definition) is 8. The third-order valence-corrected chi connectivity index (χ3v) is 4.91. The van der Waals surface area contributed by atoms with Crippen molar-refractivity contribution < 1.29 is 28.7 Å². The van der Waals surface area contributed by atoms with Gasteiger partial charge in [0.05, 0.1) is 35.7 Å². The zero-order chi connectivity index (χ0) is 18.3. The second kappa shape index (κ2) is 9.28. The highest BCUT2D eigenvalue weighted by atomic mass is 32.2. The lowest BCUT2D eigenvalue weighted by Crippen LogP contribution is -2.17. The molecule has 1 aromatic heterocycles. The van der Waals surface area contributed by atoms with Crippen LogP contribution in [0.1, 0.15) is 32.5 Å². The van der Waals surface area contributed by atoms with Gasteiger partial charge < -0.3 is 20.5 Å². The number of esters is 2. The molecule has 0 aliphatic heterocycles. The van der Waals surface area contributed by atoms with Gasteiger partial charge in [0.2, 0.25) is 5.91 Å². The first-order valence-corrected chi connectivity index (χ1v) is 8.83. The number of thiophene rings is 1. The minimum Gasteiger partial charge on any atom is -0.468 e. The number of amides is 2. The quantitative estimate of drug-likeness (QED) is 0.654. The molecule has 0 radical (unpaired) electrons. The molecule has 8 nitrogen and oxygen atoms in total. The van der Waals surface area contributed by atoms with Gasteiger partial charge in [0.25, 0.3) is 5.91 Å². The molecule has 24 heavy (non-hydrogen) atoms. The summed E-state index contributed by atoms with van der Waals surface area (Å²) in [6.07, 6.45) is 0. The topological polar surface area (TPSA) is 125 Å². The summed E-state index contributed by atoms with van der Waals surface area (Å²) < 4.78 is 9.42. The van der Waals surface area contributed by atoms with Crippen LogP contribution in [0.4, 0.5) is 5.00 Å². The number of hydrogen-bond donors (Lipinski definition) is 2. The number of thioether (sulfide) groups is 1. The number of nitrogens with one attached hydrogen (secondary N) is 1. The number of carbonyl (C=O) groups excluding carboxylic acids is 4. The van der Waals surface area contributed by atoms with E-state index in [1.807, 2.05) is 0 Å². The Bertz CT molecular complexity index is 656. The SMILES string of the molecule is CCOC(=O)c1c(NC(=O)CSCC(=O)OC)sc(C(N)=O)c1C. The van der Waals surface area contributed by atoms with Gasteiger partial charge in [-0.3, -0.25) is 14.4 Å². The van der Waals surface area contributed by atoms with Crippen molar-refractivity contribution in [1.82, 2.24) is 0 Å². The monoisotopic (exact) mass is 374 g/mol. The van der Waals surface area contributed by atoms with Gasteiger partial charge in [0.1, 0.15) is 5.00 Å². The van der Waals surface area contributed by atoms with E-state index in [2.05, 4.69) is 10.1 Å². The van der Waals surface area contributed by atoms with Gasteiger partial charge in [-0.05, 0) is 19.4 Å². The number of nitrogens with two attached hydrogens (primary N) is 1. The molecule has 0 aliphatic rings. The molecule has 3 N–H and O–H groups in total. The van der Waals surface area contributed by atoms with Crippen molar-refractivity contribution >= 4 is 51.9 Å². The van der Waals surface area contributed by atoms with Crippen LogP contribution in [-0.2, 0) is 19.1 Å². The fraction of sp³-hybridized carbons (Fsp3) is 0.429. The van der Waals surface area contributed by atoms with Crippen LogP contribution in [0, 0.1) is 6.92 Å². The summed E-state index contributed by atoms with van der Waals surface area (Å²) in [5.41, 5.74) is 5.76. The van der Waals surface area contributed by atoms with Crippen molar-refractivity contribution in [3.63, 3.8) is 0 Å². The van der Waals surface area contributed by atoms with Crippen LogP contribution < -0.4 is 11.1 Å². The maximum absolute atomic E-state index is 12.1. The molecular formula is C14H18N2O6S2. The van der Waals surface area contributed by atoms with E-state index >= 15 is 0 Å². The molecule has 10 heteroatoms. The van der Waals surface area contributed by atoms with Gasteiger partial charge in [-0.25, -0.2) is 4.79 Å². The fourth-order valence-corrected chi connectivity index (χ4v) is 3.44. The summed E-state index contributed by atoms with van der Waals surface area (Å²) in [5.74, 6) is -2.18. The molecule has 1 heterocycles. The lowest BCUT2D eigenvalue weighted by atomic mass is 10.1. The lowest BCUT2D eigenvalue weighted by molar-refractivity contribution is -0.137. The van der Waals surface area contributed by atoms with Gasteiger partial charge in [-0.2, -0.15) is 0 Å². The van der Waals surface area contributed by atoms with E-state index in [0.717, 1.165) is 23.1 Å². The zero-order valence-corrected chi connectivity index (χ0v) is 15.1. The van der Waals surface area contributed by atoms with E-state index in [0.29, 0.717) is 5.56 Å². The largest absolute Gasteiger partial charge is 0.468 e. The van der Waals surface area contributed by atoms with Gasteiger partial charge in [-0.15, -0.1) is 23.1 Å². The van der Waals surface area contributed by atoms with Crippen molar-refractivity contribution in [2.45, 2.75) is 13.8 Å². The van der Waals surface area contributed by atoms with Gasteiger partial charge in [0, 0.05) is 0 Å². The Hall–Kier alpha value is -2.07. The van der Waals surface area contributed by atoms with Gasteiger partial charge >= 0.3 is 11.9 Å². The first-order chi connectivity index (χ1) is 11.3. The minimum absolute atomic E-state index is 0.0137. The standard InChI is InChI=1S/C14H18N2O6S2/c1-4-22-14(20)10-7(2)11(12(15)19)24-13(10)16-8(17)5-23-6-9(18)21-3/h4-6H2,1-3H3,(H2,15,19)(H,16,17). The average Bonchev–Trinajstić information content (AvgIpc) is 2.83. The first-order valence-electron chi connectivity index (χ1n) is 6.86. The summed E-state index contributed by atoms with van der Waals surface area (Å²) in [7, 11) is 1.26. The van der Waals surface area contributed by atoms with Gasteiger partial charge in [0.15, 0.2) is 0 Å². The normalized spacial score (nSPS) is 10.1. The maximum atomic E-state index is 12.1. The summed E-state index contributed by atoms with van der Waals surface area (Å²) in [6.45, 7) is 3.36. The Morgan fingerprint density at radius 2 is 1.92 bits per heavy atom. The number of carbonyl (C=O) groups is 4. The van der Waals surface area contributed by atoms with Crippen molar-refractivity contribution in [3.05, 3.63) is 16.0 Å². The van der Waals surface area contributed by atoms with Crippen LogP contribution in [0.5, 0.6) is 0 Å². The van der Waals surface area contributed by atoms with Crippen molar-refractivity contribution in [2.75, 3.05) is 30.5 Å². The van der Waals surface area contributed by atoms with E-state index in [1.54, 1.807) is 13.8 Å². The second-order valence-electron chi connectivity index (χ2n) is 4.46. The van der Waals surface area contributed by atoms with Crippen LogP contribution in [0.3, 0.4) is 0 Å². The molecule has 0 atom stereocenters. The lowest BCUT2D eigenvalue weighted by Gasteiger charge is -2.07. The minimum atomic E-state index is -0.691. The Morgan fingerprint density at radius 3 is 2.46 bits per heavy atom. The predicted octanol–water partition coefficient (Wildman–Crippen LogP) is 1.18. The molecule has 0 spiro atoms. The number of primary amides is 1. The van der Waals surface area contributed by atoms with E-state index in [-0.39, 0.29) is 33.6 Å². The third kappa shape index (κ3) is 5.24. The highest BCUT2D eigenvalue weighted by Crippen LogP contribution is 2.33. The van der Waals surface area contributed by atoms with Crippen LogP contribution in [0.2, 0.25) is 0 Å². The summed E-state index contributed by atoms with van der Waals surface area (Å²) >= 11 is 1.98. The molecule has 0 fully saturated rings. The summed E-state index contributed by atoms with van der Waals surface area (Å²) in [6, 6.07) is 0. The Morgan fingerprint density at radius 1 is 1.25 bits per heavy atom. The van der Waals surface area contributed by atoms with Crippen molar-refractivity contribution in [3.8, 4) is 0 Å². The first kappa shape index (κ1) is 20.0. The van der Waals surface area contributed by atoms with E-state index < -0.39 is 23.8 Å². The molecule has 0 saturated heterocycles. The molecule has 1 aromatic rings. The smallest absolute Gasteiger partial charge is 0.341 e. The Balaban J connectivity index is 2.91. The zero-order valence-electron chi connectivity index (χ0n) is 13.5. The van der Waals surface area contributed by atoms with Gasteiger partial charge in [-0.1, -0.05) is 0 Å². The van der Waals surface area contributed by atoms with Crippen LogP contribution in [-0.4, -0.2) is 49.0 Å². The Labute approximate surface area is 147 Å². The highest BCUT2D eigenvalue weighted by Gasteiger charge is 2.25. The second-order valence-corrected chi connectivity index (χ2v) is 6.47. The molecule has 0 saturated carbocycles. The van der Waals surface area contributed by atoms with Crippen LogP contribution in [0.15, 0.2) is 0 Å². The number of anilines is 1. The number of rotatable bonds is 8. The van der Waals surface area contributed by atoms with E-state index in [9.17, 15) is 19.2 Å². The summed E-state index contributed by atoms with van der Waals surface area (Å²) in [4.78, 5) is 46.6. The highest BCUT2D eigenvalue weighted by molar-refractivity contribution is 8.00. The molecule has 0 aromatic carbocycles. The molecular weight excluding hydrogens is 356 g/mol. The molecule has 2 amide bonds. The predicted molar refractivity (Wildman–Crippen MR) is 91.5 cm³/mol. The third-order valence-electron chi connectivity index (χ3n) is 2.78. The van der Waals surface area contributed by atoms with Crippen molar-refractivity contribution in [1.29, 1.82) is 0 Å². The van der Waals surface area contributed by atoms with Crippen LogP contribution >= 0.6 is 23.1 Å². The van der Waals surface area contributed by atoms with Crippen LogP contribution in [0.25, 0.3) is 0 Å². The molecule has 0 unspecified atom stereocenters. The number of methoxy groups -OCH3 is 1. The van der Waals surface area contributed by atoms with E-state index in [1.165, 1.54) is 7.11 Å². The number of ether oxygens (including phenoxy) is 2. The molecule has 0 bridgehead atoms. The maximum Gasteiger partial charge on any atom is 0.341 e. The summed E-state index contributed by atoms with van der Waals surface area (Å²) in [5, 5.41) is 2.75.